The molecule has 0 saturated carbocycles. The Labute approximate surface area is 75.9 Å². The monoisotopic (exact) mass is 170 g/mol. The molecule has 0 bridgehead atoms. The number of unbranched alkanes of at least 4 members (excludes halogenated alkanes) is 1. The van der Waals surface area contributed by atoms with Gasteiger partial charge in [0.2, 0.25) is 0 Å². The highest BCUT2D eigenvalue weighted by Crippen LogP contribution is 2.16. The van der Waals surface area contributed by atoms with Crippen molar-refractivity contribution in [1.82, 2.24) is 4.90 Å². The second-order valence-electron chi connectivity index (χ2n) is 4.09. The van der Waals surface area contributed by atoms with Crippen molar-refractivity contribution in [2.75, 3.05) is 26.2 Å². The molecule has 0 aromatic heterocycles. The molecule has 1 aliphatic rings. The molecule has 1 fully saturated rings. The molecule has 0 amide bonds. The van der Waals surface area contributed by atoms with Gasteiger partial charge < -0.3 is 4.74 Å². The maximum atomic E-state index is 5.62. The number of hydrogen-bond donors (Lipinski definition) is 0. The van der Waals surface area contributed by atoms with E-state index in [0.717, 1.165) is 26.1 Å². The molecule has 0 atom stereocenters. The Morgan fingerprint density at radius 1 is 1.50 bits per heavy atom. The normalized spacial score (nSPS) is 24.2. The van der Waals surface area contributed by atoms with Crippen LogP contribution in [0.15, 0.2) is 0 Å². The first-order valence-electron chi connectivity index (χ1n) is 4.80. The van der Waals surface area contributed by atoms with Crippen LogP contribution in [0.5, 0.6) is 0 Å². The summed E-state index contributed by atoms with van der Waals surface area (Å²) in [5.41, 5.74) is 0.0550. The highest BCUT2D eigenvalue weighted by atomic mass is 16.5. The number of morpholine rings is 1. The van der Waals surface area contributed by atoms with Gasteiger partial charge in [-0.3, -0.25) is 4.90 Å². The summed E-state index contributed by atoms with van der Waals surface area (Å²) in [5.74, 6) is 0. The first-order valence-corrected chi connectivity index (χ1v) is 4.80. The largest absolute Gasteiger partial charge is 0.373 e. The Morgan fingerprint density at radius 3 is 2.83 bits per heavy atom. The van der Waals surface area contributed by atoms with Gasteiger partial charge in [-0.15, -0.1) is 0 Å². The molecule has 2 heteroatoms. The third kappa shape index (κ3) is 3.11. The first-order chi connectivity index (χ1) is 5.64. The third-order valence-electron chi connectivity index (χ3n) is 2.23. The van der Waals surface area contributed by atoms with Gasteiger partial charge in [0.15, 0.2) is 0 Å². The van der Waals surface area contributed by atoms with Crippen molar-refractivity contribution in [2.24, 2.45) is 0 Å². The van der Waals surface area contributed by atoms with Gasteiger partial charge in [0.1, 0.15) is 0 Å². The van der Waals surface area contributed by atoms with Gasteiger partial charge in [0.25, 0.3) is 0 Å². The number of ether oxygens (including phenoxy) is 1. The van der Waals surface area contributed by atoms with Crippen LogP contribution in [-0.2, 0) is 4.74 Å². The summed E-state index contributed by atoms with van der Waals surface area (Å²) < 4.78 is 5.62. The predicted molar refractivity (Wildman–Crippen MR) is 51.1 cm³/mol. The van der Waals surface area contributed by atoms with Crippen LogP contribution in [0.4, 0.5) is 0 Å². The van der Waals surface area contributed by atoms with E-state index >= 15 is 0 Å². The molecule has 1 aliphatic heterocycles. The fourth-order valence-electron chi connectivity index (χ4n) is 1.64. The molecule has 1 rings (SSSR count). The molecule has 1 heterocycles. The highest BCUT2D eigenvalue weighted by molar-refractivity contribution is 4.78. The zero-order valence-electron chi connectivity index (χ0n) is 8.31. The zero-order chi connectivity index (χ0) is 9.03. The second kappa shape index (κ2) is 4.24. The molecule has 0 spiro atoms. The highest BCUT2D eigenvalue weighted by Gasteiger charge is 2.26. The Balaban J connectivity index is 2.26. The van der Waals surface area contributed by atoms with Crippen molar-refractivity contribution in [3.8, 4) is 0 Å². The number of rotatable bonds is 3. The van der Waals surface area contributed by atoms with Crippen LogP contribution in [0.2, 0.25) is 0 Å². The fourth-order valence-corrected chi connectivity index (χ4v) is 1.64. The van der Waals surface area contributed by atoms with Crippen molar-refractivity contribution >= 4 is 0 Å². The van der Waals surface area contributed by atoms with Crippen molar-refractivity contribution in [2.45, 2.75) is 32.3 Å². The Hall–Kier alpha value is -0.0800. The molecule has 71 valence electrons. The fraction of sp³-hybridized carbons (Fsp3) is 0.900. The average molecular weight is 170 g/mol. The second-order valence-corrected chi connectivity index (χ2v) is 4.09. The lowest BCUT2D eigenvalue weighted by Crippen LogP contribution is -2.48. The molecule has 0 aromatic rings. The molecule has 12 heavy (non-hydrogen) atoms. The van der Waals surface area contributed by atoms with E-state index in [1.807, 2.05) is 0 Å². The van der Waals surface area contributed by atoms with Crippen LogP contribution in [0.1, 0.15) is 26.7 Å². The molecule has 1 saturated heterocycles. The van der Waals surface area contributed by atoms with E-state index in [-0.39, 0.29) is 5.60 Å². The summed E-state index contributed by atoms with van der Waals surface area (Å²) >= 11 is 0. The Kier molecular flexibility index (Phi) is 3.53. The van der Waals surface area contributed by atoms with Gasteiger partial charge in [0.05, 0.1) is 12.2 Å². The molecule has 1 radical (unpaired) electrons. The lowest BCUT2D eigenvalue weighted by Gasteiger charge is -2.38. The summed E-state index contributed by atoms with van der Waals surface area (Å²) in [4.78, 5) is 2.47. The topological polar surface area (TPSA) is 12.5 Å². The third-order valence-corrected chi connectivity index (χ3v) is 2.23. The lowest BCUT2D eigenvalue weighted by molar-refractivity contribution is -0.0859. The zero-order valence-corrected chi connectivity index (χ0v) is 8.31. The Bertz CT molecular complexity index is 134. The van der Waals surface area contributed by atoms with Crippen LogP contribution < -0.4 is 0 Å². The molecular formula is C10H20NO. The van der Waals surface area contributed by atoms with E-state index in [1.165, 1.54) is 13.0 Å². The van der Waals surface area contributed by atoms with Gasteiger partial charge >= 0.3 is 0 Å². The SMILES string of the molecule is [CH2]CCCN1CCOC(C)(C)C1. The Morgan fingerprint density at radius 2 is 2.25 bits per heavy atom. The van der Waals surface area contributed by atoms with Crippen molar-refractivity contribution in [3.63, 3.8) is 0 Å². The van der Waals surface area contributed by atoms with Crippen molar-refractivity contribution in [3.05, 3.63) is 6.92 Å². The van der Waals surface area contributed by atoms with E-state index in [1.54, 1.807) is 0 Å². The standard InChI is InChI=1S/C10H20NO/c1-4-5-6-11-7-8-12-10(2,3)9-11/h1,4-9H2,2-3H3. The van der Waals surface area contributed by atoms with E-state index in [4.69, 9.17) is 4.74 Å². The van der Waals surface area contributed by atoms with Gasteiger partial charge in [-0.2, -0.15) is 0 Å². The van der Waals surface area contributed by atoms with Gasteiger partial charge in [0, 0.05) is 13.1 Å². The minimum Gasteiger partial charge on any atom is -0.373 e. The van der Waals surface area contributed by atoms with Crippen LogP contribution >= 0.6 is 0 Å². The summed E-state index contributed by atoms with van der Waals surface area (Å²) in [6.45, 7) is 12.4. The molecule has 0 aliphatic carbocycles. The summed E-state index contributed by atoms with van der Waals surface area (Å²) in [6.07, 6.45) is 2.24. The van der Waals surface area contributed by atoms with Gasteiger partial charge in [-0.1, -0.05) is 13.3 Å². The number of nitrogens with zero attached hydrogens (tertiary/aromatic N) is 1. The molecule has 2 nitrogen and oxygen atoms in total. The summed E-state index contributed by atoms with van der Waals surface area (Å²) in [6, 6.07) is 0. The van der Waals surface area contributed by atoms with Gasteiger partial charge in [-0.05, 0) is 26.8 Å². The summed E-state index contributed by atoms with van der Waals surface area (Å²) in [7, 11) is 0. The summed E-state index contributed by atoms with van der Waals surface area (Å²) in [5, 5.41) is 0. The van der Waals surface area contributed by atoms with Gasteiger partial charge in [-0.25, -0.2) is 0 Å². The minimum atomic E-state index is 0.0550. The van der Waals surface area contributed by atoms with Crippen LogP contribution in [0.3, 0.4) is 0 Å². The van der Waals surface area contributed by atoms with Crippen molar-refractivity contribution < 1.29 is 4.74 Å². The van der Waals surface area contributed by atoms with Crippen LogP contribution in [-0.4, -0.2) is 36.7 Å². The lowest BCUT2D eigenvalue weighted by atomic mass is 10.1. The van der Waals surface area contributed by atoms with Crippen LogP contribution in [0.25, 0.3) is 0 Å². The predicted octanol–water partition coefficient (Wildman–Crippen LogP) is 1.71. The maximum absolute atomic E-state index is 5.62. The maximum Gasteiger partial charge on any atom is 0.0753 e. The molecule has 0 N–H and O–H groups in total. The van der Waals surface area contributed by atoms with E-state index in [9.17, 15) is 0 Å². The molecular weight excluding hydrogens is 150 g/mol. The van der Waals surface area contributed by atoms with E-state index in [2.05, 4.69) is 25.7 Å². The minimum absolute atomic E-state index is 0.0550. The number of hydrogen-bond acceptors (Lipinski definition) is 2. The van der Waals surface area contributed by atoms with Crippen LogP contribution in [0, 0.1) is 6.92 Å². The molecule has 0 aromatic carbocycles. The van der Waals surface area contributed by atoms with Crippen molar-refractivity contribution in [1.29, 1.82) is 0 Å². The van der Waals surface area contributed by atoms with E-state index < -0.39 is 0 Å². The molecule has 0 unspecified atom stereocenters. The van der Waals surface area contributed by atoms with E-state index in [0.29, 0.717) is 0 Å². The quantitative estimate of drug-likeness (QED) is 0.639. The smallest absolute Gasteiger partial charge is 0.0753 e. The first kappa shape index (κ1) is 10.0. The average Bonchev–Trinajstić information content (AvgIpc) is 1.99.